The van der Waals surface area contributed by atoms with Gasteiger partial charge in [0.05, 0.1) is 19.2 Å². The zero-order valence-electron chi connectivity index (χ0n) is 19.1. The molecule has 0 unspecified atom stereocenters. The second kappa shape index (κ2) is 9.73. The van der Waals surface area contributed by atoms with Gasteiger partial charge in [0, 0.05) is 16.8 Å². The number of esters is 1. The fourth-order valence-corrected chi connectivity index (χ4v) is 4.01. The van der Waals surface area contributed by atoms with Crippen molar-refractivity contribution in [3.63, 3.8) is 0 Å². The Morgan fingerprint density at radius 3 is 2.29 bits per heavy atom. The zero-order chi connectivity index (χ0) is 24.2. The first-order valence-corrected chi connectivity index (χ1v) is 11.2. The van der Waals surface area contributed by atoms with Crippen LogP contribution in [0.2, 0.25) is 0 Å². The largest absolute Gasteiger partial charge is 0.495 e. The van der Waals surface area contributed by atoms with Crippen molar-refractivity contribution >= 4 is 39.5 Å². The predicted molar refractivity (Wildman–Crippen MR) is 135 cm³/mol. The molecule has 0 spiro atoms. The van der Waals surface area contributed by atoms with Crippen molar-refractivity contribution in [2.45, 2.75) is 6.42 Å². The van der Waals surface area contributed by atoms with Gasteiger partial charge in [0.1, 0.15) is 16.9 Å². The lowest BCUT2D eigenvalue weighted by atomic mass is 10.0. The van der Waals surface area contributed by atoms with E-state index < -0.39 is 18.5 Å². The van der Waals surface area contributed by atoms with Crippen molar-refractivity contribution < 1.29 is 23.5 Å². The van der Waals surface area contributed by atoms with Crippen molar-refractivity contribution in [1.29, 1.82) is 0 Å². The van der Waals surface area contributed by atoms with E-state index in [0.29, 0.717) is 17.0 Å². The number of rotatable bonds is 7. The molecule has 5 rings (SSSR count). The fourth-order valence-electron chi connectivity index (χ4n) is 4.01. The van der Waals surface area contributed by atoms with E-state index >= 15 is 0 Å². The molecule has 0 aliphatic rings. The lowest BCUT2D eigenvalue weighted by Gasteiger charge is -2.11. The molecule has 0 fully saturated rings. The third-order valence-electron chi connectivity index (χ3n) is 5.75. The molecule has 1 heterocycles. The van der Waals surface area contributed by atoms with Gasteiger partial charge in [0.25, 0.3) is 5.91 Å². The summed E-state index contributed by atoms with van der Waals surface area (Å²) in [7, 11) is 1.53. The number of benzene rings is 4. The van der Waals surface area contributed by atoms with E-state index in [-0.39, 0.29) is 6.42 Å². The highest BCUT2D eigenvalue weighted by Gasteiger charge is 2.15. The van der Waals surface area contributed by atoms with Crippen LogP contribution in [0.3, 0.4) is 0 Å². The number of methoxy groups -OCH3 is 1. The number of ether oxygens (including phenoxy) is 2. The number of carbonyl (C=O) groups is 2. The van der Waals surface area contributed by atoms with Crippen LogP contribution in [0, 0.1) is 0 Å². The third-order valence-corrected chi connectivity index (χ3v) is 5.75. The van der Waals surface area contributed by atoms with Gasteiger partial charge in [0.15, 0.2) is 6.61 Å². The number of para-hydroxylation sites is 1. The number of hydrogen-bond donors (Lipinski definition) is 1. The smallest absolute Gasteiger partial charge is 0.310 e. The van der Waals surface area contributed by atoms with Gasteiger partial charge >= 0.3 is 5.97 Å². The number of anilines is 1. The van der Waals surface area contributed by atoms with Crippen LogP contribution in [-0.4, -0.2) is 25.6 Å². The van der Waals surface area contributed by atoms with Crippen molar-refractivity contribution in [1.82, 2.24) is 0 Å². The van der Waals surface area contributed by atoms with Gasteiger partial charge < -0.3 is 19.2 Å². The Morgan fingerprint density at radius 2 is 1.51 bits per heavy atom. The molecule has 6 nitrogen and oxygen atoms in total. The number of furan rings is 1. The highest BCUT2D eigenvalue weighted by molar-refractivity contribution is 6.07. The maximum Gasteiger partial charge on any atom is 0.310 e. The van der Waals surface area contributed by atoms with Crippen LogP contribution >= 0.6 is 0 Å². The molecule has 0 aliphatic carbocycles. The van der Waals surface area contributed by atoms with E-state index in [1.807, 2.05) is 84.9 Å². The van der Waals surface area contributed by atoms with E-state index in [1.54, 1.807) is 6.07 Å². The van der Waals surface area contributed by atoms with Gasteiger partial charge in [-0.1, -0.05) is 72.8 Å². The summed E-state index contributed by atoms with van der Waals surface area (Å²) in [6.07, 6.45) is 0.0800. The molecule has 1 amide bonds. The number of amides is 1. The molecule has 0 saturated heterocycles. The molecule has 35 heavy (non-hydrogen) atoms. The predicted octanol–water partition coefficient (Wildman–Crippen LogP) is 5.99. The van der Waals surface area contributed by atoms with E-state index in [2.05, 4.69) is 5.32 Å². The zero-order valence-corrected chi connectivity index (χ0v) is 19.1. The van der Waals surface area contributed by atoms with Gasteiger partial charge in [-0.05, 0) is 28.8 Å². The third kappa shape index (κ3) is 4.87. The van der Waals surface area contributed by atoms with Crippen LogP contribution in [0.15, 0.2) is 95.4 Å². The van der Waals surface area contributed by atoms with E-state index in [4.69, 9.17) is 13.9 Å². The molecule has 174 valence electrons. The highest BCUT2D eigenvalue weighted by atomic mass is 16.5. The standard InChI is InChI=1S/C29H23NO5/c1-33-27-16-23-22-9-5-6-10-25(22)35-26(23)17-24(27)30-28(31)18-34-29(32)15-19-11-13-21(14-12-19)20-7-3-2-4-8-20/h2-14,16-17H,15,18H2,1H3,(H,30,31). The van der Waals surface area contributed by atoms with Crippen molar-refractivity contribution in [3.8, 4) is 16.9 Å². The Morgan fingerprint density at radius 1 is 0.800 bits per heavy atom. The molecule has 5 aromatic rings. The monoisotopic (exact) mass is 465 g/mol. The molecule has 0 bridgehead atoms. The molecule has 6 heteroatoms. The molecule has 0 saturated carbocycles. The number of carbonyl (C=O) groups excluding carboxylic acids is 2. The topological polar surface area (TPSA) is 77.8 Å². The van der Waals surface area contributed by atoms with Crippen LogP contribution in [0.4, 0.5) is 5.69 Å². The van der Waals surface area contributed by atoms with Crippen LogP contribution in [-0.2, 0) is 20.7 Å². The van der Waals surface area contributed by atoms with Crippen LogP contribution < -0.4 is 10.1 Å². The summed E-state index contributed by atoms with van der Waals surface area (Å²) < 4.78 is 16.5. The van der Waals surface area contributed by atoms with Crippen molar-refractivity contribution in [2.24, 2.45) is 0 Å². The van der Waals surface area contributed by atoms with E-state index in [9.17, 15) is 9.59 Å². The first-order chi connectivity index (χ1) is 17.1. The second-order valence-electron chi connectivity index (χ2n) is 8.10. The Kier molecular flexibility index (Phi) is 6.18. The van der Waals surface area contributed by atoms with Crippen molar-refractivity contribution in [3.05, 3.63) is 96.6 Å². The summed E-state index contributed by atoms with van der Waals surface area (Å²) in [5.74, 6) is -0.457. The second-order valence-corrected chi connectivity index (χ2v) is 8.10. The Bertz CT molecular complexity index is 1500. The van der Waals surface area contributed by atoms with Gasteiger partial charge in [0.2, 0.25) is 0 Å². The Balaban J connectivity index is 1.20. The van der Waals surface area contributed by atoms with Gasteiger partial charge in [-0.3, -0.25) is 9.59 Å². The SMILES string of the molecule is COc1cc2c(cc1NC(=O)COC(=O)Cc1ccc(-c3ccccc3)cc1)oc1ccccc12. The molecule has 1 aromatic heterocycles. The average Bonchev–Trinajstić information content (AvgIpc) is 3.25. The maximum absolute atomic E-state index is 12.5. The minimum Gasteiger partial charge on any atom is -0.495 e. The Labute approximate surface area is 202 Å². The molecular formula is C29H23NO5. The number of fused-ring (bicyclic) bond motifs is 3. The quantitative estimate of drug-likeness (QED) is 0.299. The van der Waals surface area contributed by atoms with Gasteiger partial charge in [-0.15, -0.1) is 0 Å². The van der Waals surface area contributed by atoms with Gasteiger partial charge in [-0.2, -0.15) is 0 Å². The minimum atomic E-state index is -0.479. The molecule has 0 atom stereocenters. The first-order valence-electron chi connectivity index (χ1n) is 11.2. The highest BCUT2D eigenvalue weighted by Crippen LogP contribution is 2.36. The summed E-state index contributed by atoms with van der Waals surface area (Å²) in [6, 6.07) is 28.9. The normalized spacial score (nSPS) is 10.9. The van der Waals surface area contributed by atoms with E-state index in [0.717, 1.165) is 33.0 Å². The molecule has 1 N–H and O–H groups in total. The molecular weight excluding hydrogens is 442 g/mol. The molecule has 0 aliphatic heterocycles. The Hall–Kier alpha value is -4.58. The summed E-state index contributed by atoms with van der Waals surface area (Å²) in [5.41, 5.74) is 4.80. The first kappa shape index (κ1) is 22.2. The molecule has 4 aromatic carbocycles. The van der Waals surface area contributed by atoms with Gasteiger partial charge in [-0.25, -0.2) is 0 Å². The lowest BCUT2D eigenvalue weighted by molar-refractivity contribution is -0.146. The number of nitrogens with one attached hydrogen (secondary N) is 1. The number of hydrogen-bond acceptors (Lipinski definition) is 5. The lowest BCUT2D eigenvalue weighted by Crippen LogP contribution is -2.22. The molecule has 0 radical (unpaired) electrons. The maximum atomic E-state index is 12.5. The summed E-state index contributed by atoms with van der Waals surface area (Å²) in [4.78, 5) is 24.8. The van der Waals surface area contributed by atoms with Crippen LogP contribution in [0.1, 0.15) is 5.56 Å². The van der Waals surface area contributed by atoms with Crippen LogP contribution in [0.5, 0.6) is 5.75 Å². The van der Waals surface area contributed by atoms with Crippen LogP contribution in [0.25, 0.3) is 33.1 Å². The summed E-state index contributed by atoms with van der Waals surface area (Å²) >= 11 is 0. The summed E-state index contributed by atoms with van der Waals surface area (Å²) in [6.45, 7) is -0.401. The van der Waals surface area contributed by atoms with E-state index in [1.165, 1.54) is 7.11 Å². The summed E-state index contributed by atoms with van der Waals surface area (Å²) in [5, 5.41) is 4.59. The van der Waals surface area contributed by atoms with Crippen molar-refractivity contribution in [2.75, 3.05) is 19.0 Å². The average molecular weight is 466 g/mol. The fraction of sp³-hybridized carbons (Fsp3) is 0.103. The minimum absolute atomic E-state index is 0.0800.